The first-order valence-electron chi connectivity index (χ1n) is 7.75. The molecule has 0 aliphatic carbocycles. The fraction of sp³-hybridized carbons (Fsp3) is 0.556. The summed E-state index contributed by atoms with van der Waals surface area (Å²) in [5.74, 6) is -0.240. The molecule has 0 heterocycles. The first-order valence-corrected chi connectivity index (χ1v) is 7.75. The molecule has 1 unspecified atom stereocenters. The van der Waals surface area contributed by atoms with Gasteiger partial charge in [-0.1, -0.05) is 50.1 Å². The van der Waals surface area contributed by atoms with Gasteiger partial charge in [-0.25, -0.2) is 0 Å². The molecule has 0 radical (unpaired) electrons. The summed E-state index contributed by atoms with van der Waals surface area (Å²) in [6, 6.07) is 12.6. The number of carbonyl (C=O) groups excluding carboxylic acids is 1. The van der Waals surface area contributed by atoms with Crippen LogP contribution < -0.4 is 0 Å². The second-order valence-corrected chi connectivity index (χ2v) is 5.46. The molecule has 3 nitrogen and oxygen atoms in total. The topological polar surface area (TPSA) is 50.1 Å². The van der Waals surface area contributed by atoms with Crippen LogP contribution in [0.4, 0.5) is 0 Å². The third kappa shape index (κ3) is 5.59. The van der Waals surface area contributed by atoms with Crippen LogP contribution in [-0.2, 0) is 14.9 Å². The number of ether oxygens (including phenoxy) is 1. The smallest absolute Gasteiger partial charge is 0.302 e. The van der Waals surface area contributed by atoms with Gasteiger partial charge in [-0.3, -0.25) is 4.79 Å². The molecule has 0 N–H and O–H groups in total. The van der Waals surface area contributed by atoms with Crippen molar-refractivity contribution in [3.63, 3.8) is 0 Å². The van der Waals surface area contributed by atoms with E-state index in [4.69, 9.17) is 4.74 Å². The van der Waals surface area contributed by atoms with Gasteiger partial charge in [-0.2, -0.15) is 5.26 Å². The van der Waals surface area contributed by atoms with Crippen LogP contribution in [0.2, 0.25) is 0 Å². The van der Waals surface area contributed by atoms with Crippen molar-refractivity contribution in [1.82, 2.24) is 0 Å². The normalized spacial score (nSPS) is 13.2. The molecule has 21 heavy (non-hydrogen) atoms. The maximum Gasteiger partial charge on any atom is 0.302 e. The third-order valence-electron chi connectivity index (χ3n) is 3.80. The number of carbonyl (C=O) groups is 1. The average molecular weight is 287 g/mol. The van der Waals surface area contributed by atoms with Crippen LogP contribution in [0.15, 0.2) is 30.3 Å². The quantitative estimate of drug-likeness (QED) is 0.500. The highest BCUT2D eigenvalue weighted by molar-refractivity contribution is 5.65. The Labute approximate surface area is 127 Å². The number of benzene rings is 1. The zero-order chi connectivity index (χ0) is 15.6. The summed E-state index contributed by atoms with van der Waals surface area (Å²) in [4.78, 5) is 10.7. The summed E-state index contributed by atoms with van der Waals surface area (Å²) in [6.45, 7) is 4.01. The van der Waals surface area contributed by atoms with Gasteiger partial charge in [0.25, 0.3) is 0 Å². The molecule has 1 rings (SSSR count). The Kier molecular flexibility index (Phi) is 7.53. The third-order valence-corrected chi connectivity index (χ3v) is 3.80. The van der Waals surface area contributed by atoms with Crippen LogP contribution in [0.3, 0.4) is 0 Å². The molecule has 0 fully saturated rings. The predicted molar refractivity (Wildman–Crippen MR) is 83.7 cm³/mol. The first-order chi connectivity index (χ1) is 10.1. The summed E-state index contributed by atoms with van der Waals surface area (Å²) in [6.07, 6.45) is 5.53. The summed E-state index contributed by atoms with van der Waals surface area (Å²) < 4.78 is 4.96. The fourth-order valence-electron chi connectivity index (χ4n) is 2.57. The average Bonchev–Trinajstić information content (AvgIpc) is 2.51. The van der Waals surface area contributed by atoms with E-state index in [1.807, 2.05) is 30.3 Å². The number of rotatable bonds is 9. The van der Waals surface area contributed by atoms with Crippen LogP contribution >= 0.6 is 0 Å². The number of unbranched alkanes of at least 4 members (excludes halogenated alkanes) is 2. The van der Waals surface area contributed by atoms with Crippen molar-refractivity contribution in [2.75, 3.05) is 6.61 Å². The Hall–Kier alpha value is -1.82. The minimum atomic E-state index is -0.409. The number of nitrogens with zero attached hydrogens (tertiary/aromatic N) is 1. The van der Waals surface area contributed by atoms with Crippen LogP contribution in [-0.4, -0.2) is 12.6 Å². The van der Waals surface area contributed by atoms with E-state index in [2.05, 4.69) is 13.0 Å². The zero-order valence-electron chi connectivity index (χ0n) is 13.1. The molecule has 1 aromatic rings. The van der Waals surface area contributed by atoms with Gasteiger partial charge in [0.2, 0.25) is 0 Å². The Bertz CT molecular complexity index is 464. The molecular weight excluding hydrogens is 262 g/mol. The lowest BCUT2D eigenvalue weighted by Gasteiger charge is -2.27. The second kappa shape index (κ2) is 9.18. The van der Waals surface area contributed by atoms with E-state index in [1.165, 1.54) is 6.92 Å². The molecule has 1 aromatic carbocycles. The summed E-state index contributed by atoms with van der Waals surface area (Å²) in [7, 11) is 0. The van der Waals surface area contributed by atoms with E-state index in [0.29, 0.717) is 6.61 Å². The van der Waals surface area contributed by atoms with Gasteiger partial charge >= 0.3 is 5.97 Å². The van der Waals surface area contributed by atoms with Crippen molar-refractivity contribution in [2.45, 2.75) is 57.8 Å². The van der Waals surface area contributed by atoms with E-state index in [0.717, 1.165) is 44.1 Å². The van der Waals surface area contributed by atoms with Gasteiger partial charge in [0.1, 0.15) is 0 Å². The molecule has 0 amide bonds. The highest BCUT2D eigenvalue weighted by atomic mass is 16.5. The Balaban J connectivity index is 2.68. The Morgan fingerprint density at radius 2 is 1.86 bits per heavy atom. The molecule has 114 valence electrons. The number of hydrogen-bond donors (Lipinski definition) is 0. The minimum absolute atomic E-state index is 0.240. The lowest BCUT2D eigenvalue weighted by atomic mass is 9.74. The summed E-state index contributed by atoms with van der Waals surface area (Å²) in [5, 5.41) is 9.77. The first kappa shape index (κ1) is 17.2. The fourth-order valence-corrected chi connectivity index (χ4v) is 2.57. The van der Waals surface area contributed by atoms with Gasteiger partial charge in [-0.05, 0) is 31.2 Å². The Morgan fingerprint density at radius 1 is 1.19 bits per heavy atom. The standard InChI is InChI=1S/C18H25NO2/c1-3-4-12-18(15-19,17-10-6-5-7-11-17)13-8-9-14-21-16(2)20/h5-7,10-11H,3-4,8-9,12-14H2,1-2H3. The predicted octanol–water partition coefficient (Wildman–Crippen LogP) is 4.37. The van der Waals surface area contributed by atoms with Crippen LogP contribution in [0.5, 0.6) is 0 Å². The van der Waals surface area contributed by atoms with Crippen molar-refractivity contribution in [3.05, 3.63) is 35.9 Å². The van der Waals surface area contributed by atoms with Gasteiger partial charge in [0.05, 0.1) is 18.1 Å². The van der Waals surface area contributed by atoms with Crippen molar-refractivity contribution in [2.24, 2.45) is 0 Å². The minimum Gasteiger partial charge on any atom is -0.466 e. The largest absolute Gasteiger partial charge is 0.466 e. The molecular formula is C18H25NO2. The van der Waals surface area contributed by atoms with Crippen molar-refractivity contribution < 1.29 is 9.53 Å². The van der Waals surface area contributed by atoms with Crippen LogP contribution in [0.1, 0.15) is 57.9 Å². The van der Waals surface area contributed by atoms with E-state index in [-0.39, 0.29) is 5.97 Å². The van der Waals surface area contributed by atoms with Crippen molar-refractivity contribution in [3.8, 4) is 6.07 Å². The molecule has 0 saturated carbocycles. The van der Waals surface area contributed by atoms with Gasteiger partial charge < -0.3 is 4.74 Å². The molecule has 0 spiro atoms. The van der Waals surface area contributed by atoms with E-state index >= 15 is 0 Å². The molecule has 1 atom stereocenters. The van der Waals surface area contributed by atoms with Gasteiger partial charge in [0, 0.05) is 6.92 Å². The van der Waals surface area contributed by atoms with Crippen molar-refractivity contribution in [1.29, 1.82) is 5.26 Å². The van der Waals surface area contributed by atoms with Crippen LogP contribution in [0, 0.1) is 11.3 Å². The Morgan fingerprint density at radius 3 is 2.43 bits per heavy atom. The molecule has 0 aliphatic rings. The van der Waals surface area contributed by atoms with Crippen molar-refractivity contribution >= 4 is 5.97 Å². The molecule has 0 saturated heterocycles. The zero-order valence-corrected chi connectivity index (χ0v) is 13.1. The van der Waals surface area contributed by atoms with E-state index in [1.54, 1.807) is 0 Å². The molecule has 0 aromatic heterocycles. The van der Waals surface area contributed by atoms with Gasteiger partial charge in [0.15, 0.2) is 0 Å². The van der Waals surface area contributed by atoms with E-state index < -0.39 is 5.41 Å². The number of nitriles is 1. The number of esters is 1. The highest BCUT2D eigenvalue weighted by Crippen LogP contribution is 2.34. The molecule has 0 bridgehead atoms. The van der Waals surface area contributed by atoms with Gasteiger partial charge in [-0.15, -0.1) is 0 Å². The number of hydrogen-bond acceptors (Lipinski definition) is 3. The second-order valence-electron chi connectivity index (χ2n) is 5.46. The highest BCUT2D eigenvalue weighted by Gasteiger charge is 2.30. The van der Waals surface area contributed by atoms with Crippen LogP contribution in [0.25, 0.3) is 0 Å². The monoisotopic (exact) mass is 287 g/mol. The summed E-state index contributed by atoms with van der Waals surface area (Å²) in [5.41, 5.74) is 0.696. The van der Waals surface area contributed by atoms with E-state index in [9.17, 15) is 10.1 Å². The maximum absolute atomic E-state index is 10.7. The molecule has 3 heteroatoms. The summed E-state index contributed by atoms with van der Waals surface area (Å²) >= 11 is 0. The lowest BCUT2D eigenvalue weighted by Crippen LogP contribution is -2.24. The molecule has 0 aliphatic heterocycles. The maximum atomic E-state index is 10.7. The SMILES string of the molecule is CCCCC(C#N)(CCCCOC(C)=O)c1ccccc1. The lowest BCUT2D eigenvalue weighted by molar-refractivity contribution is -0.141.